The Morgan fingerprint density at radius 1 is 1.44 bits per heavy atom. The molecule has 0 amide bonds. The van der Waals surface area contributed by atoms with E-state index < -0.39 is 0 Å². The van der Waals surface area contributed by atoms with E-state index in [4.69, 9.17) is 5.73 Å². The fourth-order valence-electron chi connectivity index (χ4n) is 1.77. The molecule has 4 N–H and O–H groups in total. The smallest absolute Gasteiger partial charge is 0.223 e. The molecule has 6 heteroatoms. The molecule has 0 aliphatic carbocycles. The SMILES string of the molecule is Cc1cc2c(NC(CO)C(C)C)nc(N)nc2s1. The van der Waals surface area contributed by atoms with Gasteiger partial charge in [0.1, 0.15) is 10.6 Å². The van der Waals surface area contributed by atoms with E-state index in [0.29, 0.717) is 11.7 Å². The number of rotatable bonds is 4. The van der Waals surface area contributed by atoms with Gasteiger partial charge in [-0.2, -0.15) is 4.98 Å². The van der Waals surface area contributed by atoms with Gasteiger partial charge in [0.15, 0.2) is 0 Å². The van der Waals surface area contributed by atoms with Crippen LogP contribution in [0.1, 0.15) is 18.7 Å². The largest absolute Gasteiger partial charge is 0.394 e. The second-order valence-electron chi connectivity index (χ2n) is 4.68. The van der Waals surface area contributed by atoms with E-state index in [2.05, 4.69) is 29.1 Å². The van der Waals surface area contributed by atoms with Crippen LogP contribution in [0, 0.1) is 12.8 Å². The monoisotopic (exact) mass is 266 g/mol. The number of hydrogen-bond acceptors (Lipinski definition) is 6. The molecule has 0 aromatic carbocycles. The first kappa shape index (κ1) is 13.0. The Morgan fingerprint density at radius 2 is 2.17 bits per heavy atom. The summed E-state index contributed by atoms with van der Waals surface area (Å²) >= 11 is 1.59. The second kappa shape index (κ2) is 5.07. The van der Waals surface area contributed by atoms with Gasteiger partial charge in [-0.05, 0) is 18.9 Å². The van der Waals surface area contributed by atoms with E-state index in [1.54, 1.807) is 11.3 Å². The zero-order chi connectivity index (χ0) is 13.3. The van der Waals surface area contributed by atoms with Gasteiger partial charge in [-0.15, -0.1) is 11.3 Å². The van der Waals surface area contributed by atoms with Crippen LogP contribution in [0.2, 0.25) is 0 Å². The molecular weight excluding hydrogens is 248 g/mol. The first-order valence-electron chi connectivity index (χ1n) is 5.92. The maximum absolute atomic E-state index is 9.37. The van der Waals surface area contributed by atoms with E-state index in [1.807, 2.05) is 13.0 Å². The van der Waals surface area contributed by atoms with Gasteiger partial charge in [0.05, 0.1) is 18.0 Å². The molecule has 2 rings (SSSR count). The standard InChI is InChI=1S/C12H18N4OS/c1-6(2)9(5-17)14-10-8-4-7(3)18-11(8)16-12(13)15-10/h4,6,9,17H,5H2,1-3H3,(H3,13,14,15,16). The Balaban J connectivity index is 2.42. The van der Waals surface area contributed by atoms with Crippen molar-refractivity contribution < 1.29 is 5.11 Å². The maximum Gasteiger partial charge on any atom is 0.223 e. The molecule has 0 radical (unpaired) electrons. The Morgan fingerprint density at radius 3 is 2.78 bits per heavy atom. The van der Waals surface area contributed by atoms with Crippen LogP contribution in [0.5, 0.6) is 0 Å². The fraction of sp³-hybridized carbons (Fsp3) is 0.500. The number of aliphatic hydroxyl groups is 1. The summed E-state index contributed by atoms with van der Waals surface area (Å²) in [6.45, 7) is 6.19. The Labute approximate surface area is 110 Å². The van der Waals surface area contributed by atoms with Crippen LogP contribution in [0.4, 0.5) is 11.8 Å². The molecule has 0 saturated carbocycles. The molecule has 98 valence electrons. The molecule has 1 atom stereocenters. The lowest BCUT2D eigenvalue weighted by Crippen LogP contribution is -2.30. The minimum atomic E-state index is -0.0392. The van der Waals surface area contributed by atoms with Gasteiger partial charge in [0.25, 0.3) is 0 Å². The summed E-state index contributed by atoms with van der Waals surface area (Å²) in [6, 6.07) is 2.00. The third-order valence-electron chi connectivity index (χ3n) is 2.86. The van der Waals surface area contributed by atoms with Crippen molar-refractivity contribution in [2.75, 3.05) is 17.7 Å². The third-order valence-corrected chi connectivity index (χ3v) is 3.80. The number of nitrogens with two attached hydrogens (primary N) is 1. The zero-order valence-electron chi connectivity index (χ0n) is 10.8. The number of nitrogen functional groups attached to an aromatic ring is 1. The van der Waals surface area contributed by atoms with Crippen molar-refractivity contribution in [2.24, 2.45) is 5.92 Å². The first-order valence-corrected chi connectivity index (χ1v) is 6.74. The summed E-state index contributed by atoms with van der Waals surface area (Å²) in [5, 5.41) is 13.6. The van der Waals surface area contributed by atoms with Gasteiger partial charge < -0.3 is 16.2 Å². The van der Waals surface area contributed by atoms with Crippen molar-refractivity contribution in [3.05, 3.63) is 10.9 Å². The number of fused-ring (bicyclic) bond motifs is 1. The van der Waals surface area contributed by atoms with Crippen LogP contribution in [0.15, 0.2) is 6.07 Å². The molecule has 0 spiro atoms. The molecule has 1 unspecified atom stereocenters. The van der Waals surface area contributed by atoms with Crippen molar-refractivity contribution in [1.82, 2.24) is 9.97 Å². The lowest BCUT2D eigenvalue weighted by Gasteiger charge is -2.20. The van der Waals surface area contributed by atoms with Gasteiger partial charge in [0, 0.05) is 4.88 Å². The Hall–Kier alpha value is -1.40. The second-order valence-corrected chi connectivity index (χ2v) is 5.92. The highest BCUT2D eigenvalue weighted by Crippen LogP contribution is 2.29. The summed E-state index contributed by atoms with van der Waals surface area (Å²) in [6.07, 6.45) is 0. The molecular formula is C12H18N4OS. The molecule has 18 heavy (non-hydrogen) atoms. The summed E-state index contributed by atoms with van der Waals surface area (Å²) in [5.74, 6) is 1.27. The predicted molar refractivity (Wildman–Crippen MR) is 75.9 cm³/mol. The van der Waals surface area contributed by atoms with Crippen LogP contribution in [-0.2, 0) is 0 Å². The number of hydrogen-bond donors (Lipinski definition) is 3. The number of aliphatic hydroxyl groups excluding tert-OH is 1. The van der Waals surface area contributed by atoms with Gasteiger partial charge in [-0.25, -0.2) is 4.98 Å². The van der Waals surface area contributed by atoms with Crippen molar-refractivity contribution >= 4 is 33.3 Å². The number of aromatic nitrogens is 2. The number of aryl methyl sites for hydroxylation is 1. The number of nitrogens with one attached hydrogen (secondary N) is 1. The first-order chi connectivity index (χ1) is 8.51. The lowest BCUT2D eigenvalue weighted by molar-refractivity contribution is 0.249. The zero-order valence-corrected chi connectivity index (χ0v) is 11.6. The Bertz CT molecular complexity index is 552. The molecule has 0 bridgehead atoms. The number of thiophene rings is 1. The minimum absolute atomic E-state index is 0.0392. The highest BCUT2D eigenvalue weighted by Gasteiger charge is 2.16. The van der Waals surface area contributed by atoms with E-state index in [9.17, 15) is 5.11 Å². The molecule has 0 saturated heterocycles. The van der Waals surface area contributed by atoms with Crippen molar-refractivity contribution in [1.29, 1.82) is 0 Å². The van der Waals surface area contributed by atoms with Gasteiger partial charge in [-0.3, -0.25) is 0 Å². The van der Waals surface area contributed by atoms with E-state index in [1.165, 1.54) is 0 Å². The topological polar surface area (TPSA) is 84.1 Å². The highest BCUT2D eigenvalue weighted by atomic mass is 32.1. The number of nitrogens with zero attached hydrogens (tertiary/aromatic N) is 2. The van der Waals surface area contributed by atoms with Gasteiger partial charge >= 0.3 is 0 Å². The van der Waals surface area contributed by atoms with Crippen LogP contribution in [0.3, 0.4) is 0 Å². The fourth-order valence-corrected chi connectivity index (χ4v) is 2.65. The van der Waals surface area contributed by atoms with Crippen molar-refractivity contribution in [3.8, 4) is 0 Å². The lowest BCUT2D eigenvalue weighted by atomic mass is 10.1. The average Bonchev–Trinajstić information content (AvgIpc) is 2.65. The van der Waals surface area contributed by atoms with E-state index >= 15 is 0 Å². The molecule has 2 aromatic heterocycles. The Kier molecular flexibility index (Phi) is 3.68. The molecule has 2 heterocycles. The van der Waals surface area contributed by atoms with Crippen LogP contribution in [0.25, 0.3) is 10.2 Å². The number of anilines is 2. The quantitative estimate of drug-likeness (QED) is 0.788. The normalized spacial score (nSPS) is 13.2. The molecule has 5 nitrogen and oxygen atoms in total. The van der Waals surface area contributed by atoms with Crippen LogP contribution < -0.4 is 11.1 Å². The van der Waals surface area contributed by atoms with Crippen molar-refractivity contribution in [3.63, 3.8) is 0 Å². The summed E-state index contributed by atoms with van der Waals surface area (Å²) in [4.78, 5) is 10.5. The van der Waals surface area contributed by atoms with Gasteiger partial charge in [-0.1, -0.05) is 13.8 Å². The van der Waals surface area contributed by atoms with E-state index in [0.717, 1.165) is 15.1 Å². The van der Waals surface area contributed by atoms with Crippen LogP contribution in [-0.4, -0.2) is 27.7 Å². The summed E-state index contributed by atoms with van der Waals surface area (Å²) < 4.78 is 0. The van der Waals surface area contributed by atoms with Crippen molar-refractivity contribution in [2.45, 2.75) is 26.8 Å². The van der Waals surface area contributed by atoms with E-state index in [-0.39, 0.29) is 18.6 Å². The van der Waals surface area contributed by atoms with Gasteiger partial charge in [0.2, 0.25) is 5.95 Å². The average molecular weight is 266 g/mol. The summed E-state index contributed by atoms with van der Waals surface area (Å²) in [7, 11) is 0. The van der Waals surface area contributed by atoms with Crippen LogP contribution >= 0.6 is 11.3 Å². The third kappa shape index (κ3) is 2.54. The predicted octanol–water partition coefficient (Wildman–Crippen LogP) is 2.01. The molecule has 2 aromatic rings. The summed E-state index contributed by atoms with van der Waals surface area (Å²) in [5.41, 5.74) is 5.71. The minimum Gasteiger partial charge on any atom is -0.394 e. The maximum atomic E-state index is 9.37. The molecule has 0 aliphatic heterocycles. The highest BCUT2D eigenvalue weighted by molar-refractivity contribution is 7.18. The molecule has 0 fully saturated rings. The molecule has 0 aliphatic rings.